The third kappa shape index (κ3) is 6.89. The van der Waals surface area contributed by atoms with E-state index in [4.69, 9.17) is 4.74 Å². The van der Waals surface area contributed by atoms with Crippen molar-refractivity contribution in [3.05, 3.63) is 0 Å². The number of nitrogens with one attached hydrogen (secondary N) is 2. The SMILES string of the molecule is CN=C(NCCN1CCN(C(C)=O)CC1)NC1CN(C(=O)OC(C)(C)C)C1. The Morgan fingerprint density at radius 2 is 1.74 bits per heavy atom. The third-order valence-corrected chi connectivity index (χ3v) is 4.64. The molecule has 2 aliphatic rings. The Kier molecular flexibility index (Phi) is 7.29. The van der Waals surface area contributed by atoms with Crippen LogP contribution in [-0.2, 0) is 9.53 Å². The second kappa shape index (κ2) is 9.25. The van der Waals surface area contributed by atoms with Crippen LogP contribution in [0.15, 0.2) is 4.99 Å². The van der Waals surface area contributed by atoms with Gasteiger partial charge in [0, 0.05) is 66.3 Å². The number of rotatable bonds is 4. The van der Waals surface area contributed by atoms with Gasteiger partial charge in [0.15, 0.2) is 5.96 Å². The van der Waals surface area contributed by atoms with Crippen molar-refractivity contribution in [2.75, 3.05) is 59.4 Å². The highest BCUT2D eigenvalue weighted by molar-refractivity contribution is 5.80. The topological polar surface area (TPSA) is 89.5 Å². The second-order valence-electron chi connectivity index (χ2n) is 8.07. The summed E-state index contributed by atoms with van der Waals surface area (Å²) >= 11 is 0. The Morgan fingerprint density at radius 1 is 1.11 bits per heavy atom. The fraction of sp³-hybridized carbons (Fsp3) is 0.833. The summed E-state index contributed by atoms with van der Waals surface area (Å²) < 4.78 is 5.36. The monoisotopic (exact) mass is 382 g/mol. The molecule has 2 N–H and O–H groups in total. The highest BCUT2D eigenvalue weighted by atomic mass is 16.6. The molecular formula is C18H34N6O3. The van der Waals surface area contributed by atoms with Crippen LogP contribution in [0.1, 0.15) is 27.7 Å². The number of likely N-dealkylation sites (tertiary alicyclic amines) is 1. The summed E-state index contributed by atoms with van der Waals surface area (Å²) in [6, 6.07) is 0.183. The molecule has 0 atom stereocenters. The van der Waals surface area contributed by atoms with Crippen LogP contribution in [0.2, 0.25) is 0 Å². The summed E-state index contributed by atoms with van der Waals surface area (Å²) in [5.74, 6) is 0.893. The maximum atomic E-state index is 12.0. The van der Waals surface area contributed by atoms with E-state index in [9.17, 15) is 9.59 Å². The van der Waals surface area contributed by atoms with E-state index in [1.165, 1.54) is 0 Å². The normalized spacial score (nSPS) is 19.5. The third-order valence-electron chi connectivity index (χ3n) is 4.64. The number of aliphatic imine (C=N–C) groups is 1. The molecule has 2 rings (SSSR count). The molecule has 27 heavy (non-hydrogen) atoms. The van der Waals surface area contributed by atoms with Crippen molar-refractivity contribution in [3.63, 3.8) is 0 Å². The number of carbonyl (C=O) groups is 2. The minimum Gasteiger partial charge on any atom is -0.444 e. The fourth-order valence-corrected chi connectivity index (χ4v) is 3.05. The molecule has 0 saturated carbocycles. The molecule has 0 unspecified atom stereocenters. The molecule has 2 saturated heterocycles. The zero-order valence-electron chi connectivity index (χ0n) is 17.2. The minimum atomic E-state index is -0.469. The van der Waals surface area contributed by atoms with E-state index in [1.807, 2.05) is 25.7 Å². The van der Waals surface area contributed by atoms with Gasteiger partial charge in [-0.1, -0.05) is 0 Å². The molecule has 9 nitrogen and oxygen atoms in total. The number of hydrogen-bond donors (Lipinski definition) is 2. The van der Waals surface area contributed by atoms with Crippen LogP contribution in [-0.4, -0.2) is 104 Å². The van der Waals surface area contributed by atoms with Crippen LogP contribution in [0, 0.1) is 0 Å². The van der Waals surface area contributed by atoms with Gasteiger partial charge in [-0.25, -0.2) is 4.79 Å². The molecule has 0 spiro atoms. The number of amides is 2. The van der Waals surface area contributed by atoms with Gasteiger partial charge < -0.3 is 25.2 Å². The Bertz CT molecular complexity index is 546. The van der Waals surface area contributed by atoms with Gasteiger partial charge in [-0.2, -0.15) is 0 Å². The van der Waals surface area contributed by atoms with E-state index < -0.39 is 5.60 Å². The number of carbonyl (C=O) groups excluding carboxylic acids is 2. The zero-order valence-corrected chi connectivity index (χ0v) is 17.2. The lowest BCUT2D eigenvalue weighted by Crippen LogP contribution is -2.63. The predicted octanol–water partition coefficient (Wildman–Crippen LogP) is -0.0652. The Labute approximate surface area is 162 Å². The van der Waals surface area contributed by atoms with E-state index >= 15 is 0 Å². The predicted molar refractivity (Wildman–Crippen MR) is 105 cm³/mol. The lowest BCUT2D eigenvalue weighted by atomic mass is 10.1. The van der Waals surface area contributed by atoms with E-state index in [2.05, 4.69) is 20.5 Å². The Morgan fingerprint density at radius 3 is 2.26 bits per heavy atom. The molecule has 2 amide bonds. The van der Waals surface area contributed by atoms with Gasteiger partial charge in [0.05, 0.1) is 6.04 Å². The van der Waals surface area contributed by atoms with Crippen molar-refractivity contribution in [2.45, 2.75) is 39.3 Å². The van der Waals surface area contributed by atoms with Crippen molar-refractivity contribution in [1.29, 1.82) is 0 Å². The second-order valence-corrected chi connectivity index (χ2v) is 8.07. The summed E-state index contributed by atoms with van der Waals surface area (Å²) in [4.78, 5) is 33.5. The Hall–Kier alpha value is -2.03. The number of piperazine rings is 1. The molecule has 0 radical (unpaired) electrons. The van der Waals surface area contributed by atoms with Gasteiger partial charge in [0.25, 0.3) is 0 Å². The number of guanidine groups is 1. The van der Waals surface area contributed by atoms with Gasteiger partial charge in [-0.3, -0.25) is 14.7 Å². The average molecular weight is 383 g/mol. The molecule has 0 bridgehead atoms. The van der Waals surface area contributed by atoms with Crippen molar-refractivity contribution < 1.29 is 14.3 Å². The van der Waals surface area contributed by atoms with Crippen LogP contribution in [0.5, 0.6) is 0 Å². The van der Waals surface area contributed by atoms with Crippen LogP contribution in [0.3, 0.4) is 0 Å². The molecule has 154 valence electrons. The smallest absolute Gasteiger partial charge is 0.410 e. The van der Waals surface area contributed by atoms with Crippen molar-refractivity contribution >= 4 is 18.0 Å². The summed E-state index contributed by atoms with van der Waals surface area (Å²) in [6.07, 6.45) is -0.270. The van der Waals surface area contributed by atoms with Crippen molar-refractivity contribution in [2.24, 2.45) is 4.99 Å². The van der Waals surface area contributed by atoms with Gasteiger partial charge in [-0.15, -0.1) is 0 Å². The highest BCUT2D eigenvalue weighted by Crippen LogP contribution is 2.15. The van der Waals surface area contributed by atoms with E-state index in [-0.39, 0.29) is 18.0 Å². The van der Waals surface area contributed by atoms with Crippen LogP contribution < -0.4 is 10.6 Å². The van der Waals surface area contributed by atoms with Gasteiger partial charge in [-0.05, 0) is 20.8 Å². The lowest BCUT2D eigenvalue weighted by Gasteiger charge is -2.40. The first-order chi connectivity index (χ1) is 12.7. The van der Waals surface area contributed by atoms with E-state index in [1.54, 1.807) is 18.9 Å². The van der Waals surface area contributed by atoms with E-state index in [0.717, 1.165) is 45.2 Å². The number of nitrogens with zero attached hydrogens (tertiary/aromatic N) is 4. The molecule has 2 heterocycles. The first kappa shape index (κ1) is 21.3. The van der Waals surface area contributed by atoms with Gasteiger partial charge in [0.2, 0.25) is 5.91 Å². The minimum absolute atomic E-state index is 0.151. The standard InChI is InChI=1S/C18H34N6O3/c1-14(25)23-10-8-22(9-11-23)7-6-20-16(19-5)21-15-12-24(13-15)17(26)27-18(2,3)4/h15H,6-13H2,1-5H3,(H2,19,20,21). The van der Waals surface area contributed by atoms with Crippen LogP contribution >= 0.6 is 0 Å². The fourth-order valence-electron chi connectivity index (χ4n) is 3.05. The molecule has 0 aliphatic carbocycles. The number of hydrogen-bond acceptors (Lipinski definition) is 5. The molecule has 0 aromatic carbocycles. The van der Waals surface area contributed by atoms with E-state index in [0.29, 0.717) is 13.1 Å². The summed E-state index contributed by atoms with van der Waals surface area (Å²) in [6.45, 7) is 13.5. The van der Waals surface area contributed by atoms with Crippen molar-refractivity contribution in [3.8, 4) is 0 Å². The van der Waals surface area contributed by atoms with Crippen LogP contribution in [0.4, 0.5) is 4.79 Å². The first-order valence-electron chi connectivity index (χ1n) is 9.61. The van der Waals surface area contributed by atoms with Gasteiger partial charge >= 0.3 is 6.09 Å². The van der Waals surface area contributed by atoms with Crippen molar-refractivity contribution in [1.82, 2.24) is 25.3 Å². The maximum absolute atomic E-state index is 12.0. The zero-order chi connectivity index (χ0) is 20.0. The molecule has 9 heteroatoms. The summed E-state index contributed by atoms with van der Waals surface area (Å²) in [5.41, 5.74) is -0.469. The van der Waals surface area contributed by atoms with Crippen LogP contribution in [0.25, 0.3) is 0 Å². The molecule has 0 aromatic heterocycles. The first-order valence-corrected chi connectivity index (χ1v) is 9.61. The molecular weight excluding hydrogens is 348 g/mol. The molecule has 0 aromatic rings. The maximum Gasteiger partial charge on any atom is 0.410 e. The lowest BCUT2D eigenvalue weighted by molar-refractivity contribution is -0.130. The summed E-state index contributed by atoms with van der Waals surface area (Å²) in [7, 11) is 1.74. The molecule has 2 fully saturated rings. The quantitative estimate of drug-likeness (QED) is 0.523. The van der Waals surface area contributed by atoms with Gasteiger partial charge in [0.1, 0.15) is 5.60 Å². The Balaban J connectivity index is 1.61. The number of ether oxygens (including phenoxy) is 1. The highest BCUT2D eigenvalue weighted by Gasteiger charge is 2.34. The molecule has 2 aliphatic heterocycles. The average Bonchev–Trinajstić information content (AvgIpc) is 2.54. The summed E-state index contributed by atoms with van der Waals surface area (Å²) in [5, 5.41) is 6.64. The largest absolute Gasteiger partial charge is 0.444 e.